The Hall–Kier alpha value is -2.34. The van der Waals surface area contributed by atoms with Crippen molar-refractivity contribution in [1.29, 1.82) is 0 Å². The maximum absolute atomic E-state index is 13.9. The predicted molar refractivity (Wildman–Crippen MR) is 122 cm³/mol. The molecule has 0 spiro atoms. The molecule has 0 saturated carbocycles. The summed E-state index contributed by atoms with van der Waals surface area (Å²) in [7, 11) is 0. The maximum atomic E-state index is 13.9. The van der Waals surface area contributed by atoms with Crippen molar-refractivity contribution in [3.63, 3.8) is 0 Å². The van der Waals surface area contributed by atoms with E-state index in [0.29, 0.717) is 24.6 Å². The van der Waals surface area contributed by atoms with Gasteiger partial charge in [-0.1, -0.05) is 0 Å². The van der Waals surface area contributed by atoms with E-state index in [9.17, 15) is 27.6 Å². The van der Waals surface area contributed by atoms with Crippen LogP contribution in [-0.4, -0.2) is 80.8 Å². The van der Waals surface area contributed by atoms with Gasteiger partial charge in [-0.05, 0) is 12.5 Å². The summed E-state index contributed by atoms with van der Waals surface area (Å²) in [4.78, 5) is 43.5. The number of hydrogen-bond acceptors (Lipinski definition) is 5. The van der Waals surface area contributed by atoms with Crippen molar-refractivity contribution in [3.05, 3.63) is 35.3 Å². The first kappa shape index (κ1) is 23.8. The average molecular weight is 501 g/mol. The average Bonchev–Trinajstić information content (AvgIpc) is 3.45. The maximum Gasteiger partial charge on any atom is 0.267 e. The Bertz CT molecular complexity index is 1100. The highest BCUT2D eigenvalue weighted by molar-refractivity contribution is 7.99. The van der Waals surface area contributed by atoms with E-state index in [-0.39, 0.29) is 41.0 Å². The quantitative estimate of drug-likeness (QED) is 0.617. The van der Waals surface area contributed by atoms with E-state index in [1.807, 2.05) is 0 Å². The lowest BCUT2D eigenvalue weighted by Crippen LogP contribution is -2.55. The molecule has 0 radical (unpaired) electrons. The molecule has 2 aromatic rings. The topological polar surface area (TPSA) is 85.5 Å². The van der Waals surface area contributed by atoms with Gasteiger partial charge in [-0.25, -0.2) is 13.2 Å². The van der Waals surface area contributed by atoms with Gasteiger partial charge in [-0.3, -0.25) is 14.4 Å². The van der Waals surface area contributed by atoms with Crippen LogP contribution in [0.4, 0.5) is 13.2 Å². The van der Waals surface area contributed by atoms with E-state index in [1.165, 1.54) is 6.92 Å². The first-order valence-electron chi connectivity index (χ1n) is 10.5. The zero-order valence-corrected chi connectivity index (χ0v) is 19.5. The Morgan fingerprint density at radius 2 is 1.91 bits per heavy atom. The van der Waals surface area contributed by atoms with Gasteiger partial charge in [0.1, 0.15) is 11.7 Å². The second kappa shape index (κ2) is 9.88. The van der Waals surface area contributed by atoms with Crippen LogP contribution in [0.25, 0.3) is 10.9 Å². The molecule has 3 heterocycles. The van der Waals surface area contributed by atoms with Crippen LogP contribution >= 0.6 is 23.5 Å². The van der Waals surface area contributed by atoms with Gasteiger partial charge in [0.25, 0.3) is 5.91 Å². The van der Waals surface area contributed by atoms with Crippen LogP contribution < -0.4 is 5.32 Å². The van der Waals surface area contributed by atoms with Crippen LogP contribution in [0.15, 0.2) is 12.1 Å². The lowest BCUT2D eigenvalue weighted by Gasteiger charge is -2.38. The van der Waals surface area contributed by atoms with E-state index >= 15 is 0 Å². The van der Waals surface area contributed by atoms with Gasteiger partial charge in [0, 0.05) is 54.8 Å². The highest BCUT2D eigenvalue weighted by Gasteiger charge is 2.38. The first-order valence-corrected chi connectivity index (χ1v) is 12.8. The molecule has 0 aliphatic carbocycles. The molecule has 2 atom stereocenters. The fourth-order valence-corrected chi connectivity index (χ4v) is 6.40. The number of aromatic amines is 1. The number of benzene rings is 1. The number of hydrogen-bond donors (Lipinski definition) is 2. The molecule has 1 aromatic carbocycles. The van der Waals surface area contributed by atoms with Crippen molar-refractivity contribution >= 4 is 52.1 Å². The van der Waals surface area contributed by atoms with Crippen molar-refractivity contribution in [2.45, 2.75) is 25.4 Å². The number of rotatable bonds is 5. The Labute approximate surface area is 196 Å². The van der Waals surface area contributed by atoms with Crippen molar-refractivity contribution in [2.24, 2.45) is 0 Å². The van der Waals surface area contributed by atoms with Gasteiger partial charge in [-0.15, -0.1) is 11.8 Å². The number of aromatic nitrogens is 1. The summed E-state index contributed by atoms with van der Waals surface area (Å²) in [6, 6.07) is 1.39. The molecule has 2 saturated heterocycles. The summed E-state index contributed by atoms with van der Waals surface area (Å²) in [5, 5.41) is 2.51. The molecule has 2 aliphatic heterocycles. The molecule has 0 bridgehead atoms. The normalized spacial score (nSPS) is 21.0. The van der Waals surface area contributed by atoms with E-state index in [0.717, 1.165) is 23.6 Å². The van der Waals surface area contributed by atoms with Crippen molar-refractivity contribution in [1.82, 2.24) is 20.1 Å². The third-order valence-electron chi connectivity index (χ3n) is 5.85. The Morgan fingerprint density at radius 1 is 1.12 bits per heavy atom. The lowest BCUT2D eigenvalue weighted by molar-refractivity contribution is -0.143. The number of carbonyl (C=O) groups excluding carboxylic acids is 3. The molecule has 2 aliphatic rings. The smallest absolute Gasteiger partial charge is 0.267 e. The number of H-pyrrole nitrogens is 1. The zero-order valence-electron chi connectivity index (χ0n) is 17.8. The highest BCUT2D eigenvalue weighted by atomic mass is 32.2. The summed E-state index contributed by atoms with van der Waals surface area (Å²) in [6.45, 7) is 2.29. The monoisotopic (exact) mass is 500 g/mol. The molecular weight excluding hydrogens is 477 g/mol. The molecule has 1 unspecified atom stereocenters. The predicted octanol–water partition coefficient (Wildman–Crippen LogP) is 2.57. The molecule has 2 N–H and O–H groups in total. The highest BCUT2D eigenvalue weighted by Crippen LogP contribution is 2.27. The van der Waals surface area contributed by atoms with Crippen molar-refractivity contribution < 1.29 is 27.6 Å². The molecule has 3 amide bonds. The van der Waals surface area contributed by atoms with Crippen LogP contribution in [0, 0.1) is 17.5 Å². The lowest BCUT2D eigenvalue weighted by atomic mass is 10.1. The minimum atomic E-state index is -1.59. The van der Waals surface area contributed by atoms with Gasteiger partial charge in [0.15, 0.2) is 17.5 Å². The Balaban J connectivity index is 1.38. The summed E-state index contributed by atoms with van der Waals surface area (Å²) >= 11 is 3.28. The third-order valence-corrected chi connectivity index (χ3v) is 7.95. The molecule has 178 valence electrons. The molecular formula is C21H23F3N4O3S2. The minimum absolute atomic E-state index is 0.0125. The molecule has 4 rings (SSSR count). The number of nitrogens with one attached hydrogen (secondary N) is 2. The van der Waals surface area contributed by atoms with E-state index < -0.39 is 29.4 Å². The number of carbonyl (C=O) groups is 3. The summed E-state index contributed by atoms with van der Waals surface area (Å²) in [6.07, 6.45) is 0.502. The van der Waals surface area contributed by atoms with Crippen LogP contribution in [0.1, 0.15) is 23.8 Å². The SMILES string of the molecule is CC(=O)N1CSC[C@H]1C(=O)N1CCSCC1CCNC(=O)c1cc2c(F)c(F)c(F)cc2[nH]1. The Kier molecular flexibility index (Phi) is 7.13. The second-order valence-electron chi connectivity index (χ2n) is 7.94. The van der Waals surface area contributed by atoms with Gasteiger partial charge >= 0.3 is 0 Å². The summed E-state index contributed by atoms with van der Waals surface area (Å²) in [5.41, 5.74) is -0.0265. The number of nitrogens with zero attached hydrogens (tertiary/aromatic N) is 2. The minimum Gasteiger partial charge on any atom is -0.351 e. The van der Waals surface area contributed by atoms with Crippen molar-refractivity contribution in [2.75, 3.05) is 36.2 Å². The third kappa shape index (κ3) is 4.81. The molecule has 1 aromatic heterocycles. The largest absolute Gasteiger partial charge is 0.351 e. The number of halogens is 3. The summed E-state index contributed by atoms with van der Waals surface area (Å²) in [5.74, 6) is -2.39. The molecule has 7 nitrogen and oxygen atoms in total. The van der Waals surface area contributed by atoms with Gasteiger partial charge in [-0.2, -0.15) is 11.8 Å². The van der Waals surface area contributed by atoms with Gasteiger partial charge in [0.05, 0.1) is 11.4 Å². The number of amides is 3. The zero-order chi connectivity index (χ0) is 23.7. The molecule has 2 fully saturated rings. The standard InChI is InChI=1S/C21H23F3N4O3S2/c1-11(29)28-10-33-9-17(28)21(31)27-4-5-32-8-12(27)2-3-25-20(30)16-6-13-15(26-16)7-14(22)19(24)18(13)23/h6-7,12,17,26H,2-5,8-10H2,1H3,(H,25,30)/t12?,17-/m0/s1. The van der Waals surface area contributed by atoms with Crippen molar-refractivity contribution in [3.8, 4) is 0 Å². The van der Waals surface area contributed by atoms with E-state index in [4.69, 9.17) is 0 Å². The van der Waals surface area contributed by atoms with Crippen LogP contribution in [0.3, 0.4) is 0 Å². The van der Waals surface area contributed by atoms with E-state index in [2.05, 4.69) is 10.3 Å². The number of thioether (sulfide) groups is 2. The fraction of sp³-hybridized carbons (Fsp3) is 0.476. The molecule has 33 heavy (non-hydrogen) atoms. The van der Waals surface area contributed by atoms with Gasteiger partial charge < -0.3 is 20.1 Å². The second-order valence-corrected chi connectivity index (χ2v) is 10.1. The van der Waals surface area contributed by atoms with Gasteiger partial charge in [0.2, 0.25) is 11.8 Å². The first-order chi connectivity index (χ1) is 15.8. The fourth-order valence-electron chi connectivity index (χ4n) is 4.08. The summed E-state index contributed by atoms with van der Waals surface area (Å²) < 4.78 is 40.8. The Morgan fingerprint density at radius 3 is 2.67 bits per heavy atom. The van der Waals surface area contributed by atoms with Crippen LogP contribution in [0.5, 0.6) is 0 Å². The number of fused-ring (bicyclic) bond motifs is 1. The van der Waals surface area contributed by atoms with Crippen LogP contribution in [-0.2, 0) is 9.59 Å². The van der Waals surface area contributed by atoms with Crippen LogP contribution in [0.2, 0.25) is 0 Å². The van der Waals surface area contributed by atoms with E-state index in [1.54, 1.807) is 33.3 Å². The molecule has 12 heteroatoms.